The topological polar surface area (TPSA) is 58.6 Å². The van der Waals surface area contributed by atoms with E-state index in [1.807, 2.05) is 30.9 Å². The minimum atomic E-state index is -0.00308. The molecule has 0 N–H and O–H groups in total. The molecule has 1 saturated heterocycles. The van der Waals surface area contributed by atoms with Crippen molar-refractivity contribution in [3.63, 3.8) is 0 Å². The molecule has 1 atom stereocenters. The first-order valence-electron chi connectivity index (χ1n) is 11.5. The first kappa shape index (κ1) is 21.6. The number of likely N-dealkylation sites (tertiary alicyclic amines) is 1. The van der Waals surface area contributed by atoms with E-state index >= 15 is 0 Å². The molecule has 0 radical (unpaired) electrons. The Morgan fingerprint density at radius 1 is 1.19 bits per heavy atom. The Balaban J connectivity index is 1.60. The first-order chi connectivity index (χ1) is 15.0. The highest BCUT2D eigenvalue weighted by Crippen LogP contribution is 2.35. The highest BCUT2D eigenvalue weighted by molar-refractivity contribution is 5.78. The van der Waals surface area contributed by atoms with E-state index in [9.17, 15) is 4.79 Å². The monoisotopic (exact) mass is 422 g/mol. The molecule has 4 rings (SSSR count). The zero-order chi connectivity index (χ0) is 22.0. The number of benzene rings is 1. The fourth-order valence-corrected chi connectivity index (χ4v) is 4.87. The quantitative estimate of drug-likeness (QED) is 0.701. The highest BCUT2D eigenvalue weighted by atomic mass is 16.5. The SMILES string of the molecule is COc1ccccc1CCN1CCCc2c(C)nc(C3CCCN3C(=O)C(C)C)nc21. The molecule has 0 aliphatic carbocycles. The van der Waals surface area contributed by atoms with Gasteiger partial charge in [0.25, 0.3) is 0 Å². The second-order valence-electron chi connectivity index (χ2n) is 8.97. The van der Waals surface area contributed by atoms with Gasteiger partial charge in [-0.3, -0.25) is 4.79 Å². The van der Waals surface area contributed by atoms with Gasteiger partial charge in [-0.15, -0.1) is 0 Å². The summed E-state index contributed by atoms with van der Waals surface area (Å²) in [5.41, 5.74) is 3.54. The van der Waals surface area contributed by atoms with E-state index in [2.05, 4.69) is 24.0 Å². The van der Waals surface area contributed by atoms with Gasteiger partial charge in [0.2, 0.25) is 5.91 Å². The zero-order valence-electron chi connectivity index (χ0n) is 19.2. The van der Waals surface area contributed by atoms with Crippen molar-refractivity contribution in [2.45, 2.75) is 58.9 Å². The fourth-order valence-electron chi connectivity index (χ4n) is 4.87. The normalized spacial score (nSPS) is 18.4. The molecule has 2 aromatic rings. The van der Waals surface area contributed by atoms with Gasteiger partial charge in [-0.05, 0) is 50.7 Å². The molecule has 6 heteroatoms. The maximum absolute atomic E-state index is 12.7. The average Bonchev–Trinajstić information content (AvgIpc) is 3.27. The van der Waals surface area contributed by atoms with E-state index in [-0.39, 0.29) is 17.9 Å². The molecule has 31 heavy (non-hydrogen) atoms. The van der Waals surface area contributed by atoms with Crippen LogP contribution < -0.4 is 9.64 Å². The van der Waals surface area contributed by atoms with Crippen LogP contribution >= 0.6 is 0 Å². The second kappa shape index (κ2) is 9.25. The smallest absolute Gasteiger partial charge is 0.225 e. The van der Waals surface area contributed by atoms with Crippen molar-refractivity contribution in [2.75, 3.05) is 31.6 Å². The van der Waals surface area contributed by atoms with Gasteiger partial charge in [0.1, 0.15) is 11.6 Å². The zero-order valence-corrected chi connectivity index (χ0v) is 19.2. The van der Waals surface area contributed by atoms with E-state index in [0.717, 1.165) is 74.8 Å². The van der Waals surface area contributed by atoms with E-state index < -0.39 is 0 Å². The van der Waals surface area contributed by atoms with Crippen LogP contribution in [0.1, 0.15) is 61.8 Å². The van der Waals surface area contributed by atoms with Crippen molar-refractivity contribution in [1.82, 2.24) is 14.9 Å². The summed E-state index contributed by atoms with van der Waals surface area (Å²) in [5.74, 6) is 3.01. The minimum absolute atomic E-state index is 0.00288. The number of amides is 1. The van der Waals surface area contributed by atoms with Gasteiger partial charge in [0.15, 0.2) is 5.82 Å². The number of ether oxygens (including phenoxy) is 1. The summed E-state index contributed by atoms with van der Waals surface area (Å²) in [7, 11) is 1.73. The summed E-state index contributed by atoms with van der Waals surface area (Å²) >= 11 is 0. The van der Waals surface area contributed by atoms with Gasteiger partial charge in [-0.1, -0.05) is 32.0 Å². The molecule has 1 amide bonds. The molecule has 1 unspecified atom stereocenters. The number of aromatic nitrogens is 2. The number of methoxy groups -OCH3 is 1. The number of para-hydroxylation sites is 1. The third kappa shape index (κ3) is 4.39. The fraction of sp³-hybridized carbons (Fsp3) is 0.560. The number of fused-ring (bicyclic) bond motifs is 1. The van der Waals surface area contributed by atoms with Crippen LogP contribution in [0.25, 0.3) is 0 Å². The van der Waals surface area contributed by atoms with Crippen molar-refractivity contribution >= 4 is 11.7 Å². The lowest BCUT2D eigenvalue weighted by atomic mass is 10.0. The van der Waals surface area contributed by atoms with Crippen LogP contribution in [0.5, 0.6) is 5.75 Å². The molecule has 0 spiro atoms. The van der Waals surface area contributed by atoms with E-state index in [0.29, 0.717) is 0 Å². The number of nitrogens with zero attached hydrogens (tertiary/aromatic N) is 4. The molecule has 1 aromatic heterocycles. The molecule has 1 fully saturated rings. The number of anilines is 1. The number of hydrogen-bond acceptors (Lipinski definition) is 5. The van der Waals surface area contributed by atoms with Crippen molar-refractivity contribution in [3.8, 4) is 5.75 Å². The maximum Gasteiger partial charge on any atom is 0.225 e. The molecule has 0 saturated carbocycles. The number of aryl methyl sites for hydroxylation is 1. The van der Waals surface area contributed by atoms with Crippen molar-refractivity contribution in [3.05, 3.63) is 46.9 Å². The summed E-state index contributed by atoms with van der Waals surface area (Å²) in [6.07, 6.45) is 5.00. The third-order valence-electron chi connectivity index (χ3n) is 6.54. The van der Waals surface area contributed by atoms with E-state index in [1.54, 1.807) is 7.11 Å². The van der Waals surface area contributed by atoms with Crippen LogP contribution in [0, 0.1) is 12.8 Å². The Labute approximate surface area is 185 Å². The number of rotatable bonds is 6. The molecule has 2 aliphatic rings. The molecule has 0 bridgehead atoms. The maximum atomic E-state index is 12.7. The second-order valence-corrected chi connectivity index (χ2v) is 8.97. The van der Waals surface area contributed by atoms with Crippen LogP contribution in [-0.4, -0.2) is 47.5 Å². The standard InChI is InChI=1S/C25H34N4O2/c1-17(2)25(30)29-15-8-11-21(29)23-26-18(3)20-10-7-14-28(24(20)27-23)16-13-19-9-5-6-12-22(19)31-4/h5-6,9,12,17,21H,7-8,10-11,13-16H2,1-4H3. The van der Waals surface area contributed by atoms with E-state index in [4.69, 9.17) is 14.7 Å². The van der Waals surface area contributed by atoms with Gasteiger partial charge < -0.3 is 14.5 Å². The Morgan fingerprint density at radius 3 is 2.77 bits per heavy atom. The van der Waals surface area contributed by atoms with Gasteiger partial charge in [0.05, 0.1) is 13.2 Å². The summed E-state index contributed by atoms with van der Waals surface area (Å²) in [5, 5.41) is 0. The summed E-state index contributed by atoms with van der Waals surface area (Å²) in [6.45, 7) is 8.72. The molecule has 3 heterocycles. The van der Waals surface area contributed by atoms with Crippen molar-refractivity contribution in [2.24, 2.45) is 5.92 Å². The van der Waals surface area contributed by atoms with Gasteiger partial charge >= 0.3 is 0 Å². The number of carbonyl (C=O) groups excluding carboxylic acids is 1. The van der Waals surface area contributed by atoms with Crippen molar-refractivity contribution in [1.29, 1.82) is 0 Å². The third-order valence-corrected chi connectivity index (χ3v) is 6.54. The van der Waals surface area contributed by atoms with Gasteiger partial charge in [-0.25, -0.2) is 9.97 Å². The van der Waals surface area contributed by atoms with Crippen LogP contribution in [0.3, 0.4) is 0 Å². The lowest BCUT2D eigenvalue weighted by Gasteiger charge is -2.33. The molecular weight excluding hydrogens is 388 g/mol. The lowest BCUT2D eigenvalue weighted by molar-refractivity contribution is -0.135. The first-order valence-corrected chi connectivity index (χ1v) is 11.5. The van der Waals surface area contributed by atoms with Gasteiger partial charge in [0, 0.05) is 36.8 Å². The van der Waals surface area contributed by atoms with Crippen LogP contribution in [-0.2, 0) is 17.6 Å². The summed E-state index contributed by atoms with van der Waals surface area (Å²) < 4.78 is 5.53. The average molecular weight is 423 g/mol. The summed E-state index contributed by atoms with van der Waals surface area (Å²) in [6, 6.07) is 8.22. The molecule has 166 valence electrons. The Bertz CT molecular complexity index is 943. The number of hydrogen-bond donors (Lipinski definition) is 0. The lowest BCUT2D eigenvalue weighted by Crippen LogP contribution is -2.36. The highest BCUT2D eigenvalue weighted by Gasteiger charge is 2.34. The van der Waals surface area contributed by atoms with E-state index in [1.165, 1.54) is 11.1 Å². The predicted octanol–water partition coefficient (Wildman–Crippen LogP) is 4.11. The largest absolute Gasteiger partial charge is 0.496 e. The molecular formula is C25H34N4O2. The predicted molar refractivity (Wildman–Crippen MR) is 123 cm³/mol. The number of carbonyl (C=O) groups is 1. The molecule has 1 aromatic carbocycles. The van der Waals surface area contributed by atoms with Crippen LogP contribution in [0.4, 0.5) is 5.82 Å². The van der Waals surface area contributed by atoms with Crippen LogP contribution in [0.2, 0.25) is 0 Å². The molecule has 6 nitrogen and oxygen atoms in total. The van der Waals surface area contributed by atoms with Crippen molar-refractivity contribution < 1.29 is 9.53 Å². The summed E-state index contributed by atoms with van der Waals surface area (Å²) in [4.78, 5) is 27.1. The Kier molecular flexibility index (Phi) is 6.44. The van der Waals surface area contributed by atoms with Crippen LogP contribution in [0.15, 0.2) is 24.3 Å². The Morgan fingerprint density at radius 2 is 2.00 bits per heavy atom. The van der Waals surface area contributed by atoms with Gasteiger partial charge in [-0.2, -0.15) is 0 Å². The molecule has 2 aliphatic heterocycles. The Hall–Kier alpha value is -2.63. The minimum Gasteiger partial charge on any atom is -0.496 e.